The van der Waals surface area contributed by atoms with Gasteiger partial charge in [0, 0.05) is 39.1 Å². The number of likely N-dealkylation sites (tertiary alicyclic amines) is 1. The van der Waals surface area contributed by atoms with Crippen LogP contribution in [0.15, 0.2) is 24.3 Å². The van der Waals surface area contributed by atoms with Crippen LogP contribution in [-0.4, -0.2) is 59.9 Å². The number of amides is 3. The number of hydrogen-bond acceptors (Lipinski definition) is 4. The molecule has 3 fully saturated rings. The van der Waals surface area contributed by atoms with Gasteiger partial charge >= 0.3 is 0 Å². The molecule has 0 N–H and O–H groups in total. The molecule has 0 spiro atoms. The molecule has 2 aliphatic heterocycles. The first kappa shape index (κ1) is 22.0. The van der Waals surface area contributed by atoms with E-state index in [1.54, 1.807) is 0 Å². The molecule has 0 bridgehead atoms. The molecule has 1 aromatic rings. The topological polar surface area (TPSA) is 66.9 Å². The molecule has 6 nitrogen and oxygen atoms in total. The van der Waals surface area contributed by atoms with Crippen molar-refractivity contribution in [1.29, 1.82) is 0 Å². The van der Waals surface area contributed by atoms with Crippen LogP contribution in [0.4, 0.5) is 0 Å². The molecule has 31 heavy (non-hydrogen) atoms. The second-order valence-electron chi connectivity index (χ2n) is 9.42. The van der Waals surface area contributed by atoms with Gasteiger partial charge in [-0.25, -0.2) is 0 Å². The highest BCUT2D eigenvalue weighted by molar-refractivity contribution is 6.10. The first-order valence-electron chi connectivity index (χ1n) is 11.7. The van der Waals surface area contributed by atoms with Gasteiger partial charge in [-0.2, -0.15) is 0 Å². The molecular weight excluding hydrogens is 392 g/mol. The molecule has 1 aromatic carbocycles. The van der Waals surface area contributed by atoms with Crippen molar-refractivity contribution in [2.75, 3.05) is 26.2 Å². The molecule has 4 rings (SSSR count). The van der Waals surface area contributed by atoms with Crippen LogP contribution in [-0.2, 0) is 24.5 Å². The molecule has 168 valence electrons. The molecule has 1 saturated carbocycles. The number of benzene rings is 1. The van der Waals surface area contributed by atoms with Crippen LogP contribution in [0.5, 0.6) is 0 Å². The highest BCUT2D eigenvalue weighted by atomic mass is 16.5. The summed E-state index contributed by atoms with van der Waals surface area (Å²) in [7, 11) is 0. The zero-order valence-electron chi connectivity index (χ0n) is 18.8. The first-order chi connectivity index (χ1) is 14.9. The number of likely N-dealkylation sites (N-methyl/N-ethyl adjacent to an activating group) is 1. The molecule has 0 unspecified atom stereocenters. The van der Waals surface area contributed by atoms with Gasteiger partial charge in [0.05, 0.1) is 11.5 Å². The summed E-state index contributed by atoms with van der Waals surface area (Å²) in [5, 5.41) is 0. The molecule has 2 atom stereocenters. The maximum Gasteiger partial charge on any atom is 0.240 e. The van der Waals surface area contributed by atoms with Gasteiger partial charge < -0.3 is 9.64 Å². The summed E-state index contributed by atoms with van der Waals surface area (Å²) in [6, 6.07) is 7.67. The van der Waals surface area contributed by atoms with Crippen LogP contribution in [0.2, 0.25) is 0 Å². The summed E-state index contributed by atoms with van der Waals surface area (Å²) >= 11 is 0. The number of rotatable bonds is 8. The van der Waals surface area contributed by atoms with E-state index in [-0.39, 0.29) is 36.7 Å². The van der Waals surface area contributed by atoms with Crippen LogP contribution in [0.25, 0.3) is 0 Å². The molecule has 0 radical (unpaired) electrons. The monoisotopic (exact) mass is 426 g/mol. The minimum absolute atomic E-state index is 0.0373. The molecule has 1 aliphatic carbocycles. The third-order valence-electron chi connectivity index (χ3n) is 7.34. The molecular formula is C25H34N2O4. The van der Waals surface area contributed by atoms with Gasteiger partial charge in [-0.1, -0.05) is 30.7 Å². The lowest BCUT2D eigenvalue weighted by atomic mass is 9.73. The van der Waals surface area contributed by atoms with Gasteiger partial charge in [-0.15, -0.1) is 0 Å². The van der Waals surface area contributed by atoms with Crippen molar-refractivity contribution >= 4 is 17.7 Å². The lowest BCUT2D eigenvalue weighted by molar-refractivity contribution is -0.143. The van der Waals surface area contributed by atoms with E-state index in [0.717, 1.165) is 50.0 Å². The fourth-order valence-electron chi connectivity index (χ4n) is 5.34. The molecule has 2 saturated heterocycles. The second-order valence-corrected chi connectivity index (χ2v) is 9.42. The SMILES string of the molecule is CCN1C(=O)C[C@](CC(=O)N(CC2CCC2)C[C@H]2CCCO2)(c2ccccc2C)C1=O. The van der Waals surface area contributed by atoms with Crippen molar-refractivity contribution in [2.24, 2.45) is 5.92 Å². The van der Waals surface area contributed by atoms with Crippen LogP contribution >= 0.6 is 0 Å². The summed E-state index contributed by atoms with van der Waals surface area (Å²) in [6.45, 7) is 6.15. The normalized spacial score (nSPS) is 26.4. The first-order valence-corrected chi connectivity index (χ1v) is 11.7. The summed E-state index contributed by atoms with van der Waals surface area (Å²) in [5.41, 5.74) is 0.640. The van der Waals surface area contributed by atoms with E-state index in [9.17, 15) is 14.4 Å². The number of aryl methyl sites for hydroxylation is 1. The third-order valence-corrected chi connectivity index (χ3v) is 7.34. The number of ether oxygens (including phenoxy) is 1. The van der Waals surface area contributed by atoms with Gasteiger partial charge in [0.2, 0.25) is 17.7 Å². The minimum atomic E-state index is -1.11. The van der Waals surface area contributed by atoms with E-state index in [1.165, 1.54) is 11.3 Å². The Labute approximate surface area is 184 Å². The molecule has 3 aliphatic rings. The average Bonchev–Trinajstić information content (AvgIpc) is 3.30. The van der Waals surface area contributed by atoms with Crippen molar-refractivity contribution in [1.82, 2.24) is 9.80 Å². The number of imide groups is 1. The Kier molecular flexibility index (Phi) is 6.47. The third kappa shape index (κ3) is 4.27. The van der Waals surface area contributed by atoms with Crippen LogP contribution < -0.4 is 0 Å². The zero-order chi connectivity index (χ0) is 22.0. The highest BCUT2D eigenvalue weighted by Crippen LogP contribution is 2.42. The fraction of sp³-hybridized carbons (Fsp3) is 0.640. The summed E-state index contributed by atoms with van der Waals surface area (Å²) in [4.78, 5) is 43.2. The molecule has 3 amide bonds. The minimum Gasteiger partial charge on any atom is -0.376 e. The van der Waals surface area contributed by atoms with Gasteiger partial charge in [0.1, 0.15) is 0 Å². The van der Waals surface area contributed by atoms with E-state index in [4.69, 9.17) is 4.74 Å². The summed E-state index contributed by atoms with van der Waals surface area (Å²) in [6.07, 6.45) is 5.70. The van der Waals surface area contributed by atoms with Crippen molar-refractivity contribution < 1.29 is 19.1 Å². The average molecular weight is 427 g/mol. The Morgan fingerprint density at radius 3 is 2.52 bits per heavy atom. The van der Waals surface area contributed by atoms with Gasteiger partial charge in [-0.3, -0.25) is 19.3 Å². The Balaban J connectivity index is 1.63. The van der Waals surface area contributed by atoms with E-state index in [0.29, 0.717) is 19.0 Å². The van der Waals surface area contributed by atoms with Crippen molar-refractivity contribution in [3.05, 3.63) is 35.4 Å². The van der Waals surface area contributed by atoms with E-state index >= 15 is 0 Å². The number of carbonyl (C=O) groups is 3. The maximum atomic E-state index is 13.7. The lowest BCUT2D eigenvalue weighted by Crippen LogP contribution is -2.47. The highest BCUT2D eigenvalue weighted by Gasteiger charge is 2.54. The number of nitrogens with zero attached hydrogens (tertiary/aromatic N) is 2. The van der Waals surface area contributed by atoms with Gasteiger partial charge in [0.15, 0.2) is 0 Å². The van der Waals surface area contributed by atoms with E-state index < -0.39 is 5.41 Å². The maximum absolute atomic E-state index is 13.7. The summed E-state index contributed by atoms with van der Waals surface area (Å²) in [5.74, 6) is 0.0779. The van der Waals surface area contributed by atoms with Crippen LogP contribution in [0.3, 0.4) is 0 Å². The molecule has 2 heterocycles. The van der Waals surface area contributed by atoms with Crippen LogP contribution in [0, 0.1) is 12.8 Å². The lowest BCUT2D eigenvalue weighted by Gasteiger charge is -2.36. The standard InChI is InChI=1S/C25H34N2O4/c1-3-27-23(29)15-25(24(27)30,21-12-5-4-8-18(21)2)14-22(28)26(16-19-9-6-10-19)17-20-11-7-13-31-20/h4-5,8,12,19-20H,3,6-7,9-11,13-17H2,1-2H3/t20-,25-/m1/s1. The Hall–Kier alpha value is -2.21. The fourth-order valence-corrected chi connectivity index (χ4v) is 5.34. The largest absolute Gasteiger partial charge is 0.376 e. The van der Waals surface area contributed by atoms with Crippen molar-refractivity contribution in [3.8, 4) is 0 Å². The number of carbonyl (C=O) groups excluding carboxylic acids is 3. The summed E-state index contributed by atoms with van der Waals surface area (Å²) < 4.78 is 5.82. The van der Waals surface area contributed by atoms with Crippen LogP contribution in [0.1, 0.15) is 63.0 Å². The molecule has 0 aromatic heterocycles. The zero-order valence-corrected chi connectivity index (χ0v) is 18.8. The van der Waals surface area contributed by atoms with E-state index in [2.05, 4.69) is 0 Å². The van der Waals surface area contributed by atoms with E-state index in [1.807, 2.05) is 43.0 Å². The van der Waals surface area contributed by atoms with Crippen molar-refractivity contribution in [2.45, 2.75) is 70.3 Å². The quantitative estimate of drug-likeness (QED) is 0.599. The molecule has 6 heteroatoms. The predicted octanol–water partition coefficient (Wildman–Crippen LogP) is 3.21. The predicted molar refractivity (Wildman–Crippen MR) is 117 cm³/mol. The Morgan fingerprint density at radius 1 is 1.16 bits per heavy atom. The Morgan fingerprint density at radius 2 is 1.94 bits per heavy atom. The Bertz CT molecular complexity index is 844. The smallest absolute Gasteiger partial charge is 0.240 e. The van der Waals surface area contributed by atoms with Gasteiger partial charge in [-0.05, 0) is 56.6 Å². The number of hydrogen-bond donors (Lipinski definition) is 0. The van der Waals surface area contributed by atoms with Gasteiger partial charge in [0.25, 0.3) is 0 Å². The van der Waals surface area contributed by atoms with Crippen molar-refractivity contribution in [3.63, 3.8) is 0 Å². The second kappa shape index (κ2) is 9.11.